The molecule has 2 aliphatic rings. The molecule has 4 rings (SSSR count). The number of allylic oxidation sites excluding steroid dienone is 1. The van der Waals surface area contributed by atoms with Crippen LogP contribution in [-0.2, 0) is 14.3 Å². The summed E-state index contributed by atoms with van der Waals surface area (Å²) in [6.07, 6.45) is 8.59. The van der Waals surface area contributed by atoms with Gasteiger partial charge < -0.3 is 34.6 Å². The number of ketones is 1. The molecule has 2 fully saturated rings. The lowest BCUT2D eigenvalue weighted by atomic mass is 9.90. The van der Waals surface area contributed by atoms with Crippen LogP contribution in [0.2, 0.25) is 10.0 Å². The molecule has 1 aromatic heterocycles. The molecule has 0 aliphatic carbocycles. The highest BCUT2D eigenvalue weighted by atomic mass is 35.5. The fourth-order valence-electron chi connectivity index (χ4n) is 5.81. The molecule has 0 radical (unpaired) electrons. The van der Waals surface area contributed by atoms with E-state index >= 15 is 0 Å². The van der Waals surface area contributed by atoms with Crippen molar-refractivity contribution in [3.05, 3.63) is 53.3 Å². The van der Waals surface area contributed by atoms with Crippen LogP contribution >= 0.6 is 23.2 Å². The van der Waals surface area contributed by atoms with Gasteiger partial charge in [-0.15, -0.1) is 0 Å². The maximum absolute atomic E-state index is 14.1. The standard InChI is InChI=1S/C34H45Cl2N7O6/c1-6-24(44)16-23-11-15-49-20-25(23)39-28-18-29(38-21-37-28)43(19-22-9-13-42(14-10-22)30(45)8-7-12-41(2)3)34(46)40-33-31(35)26(47-4)17-27(48-5)32(33)36/h6-8,17-18,21-23,25H,1,9-16,19-20H2,2-5H3,(H,40,46)(H,37,38,39)/b8-7+. The Balaban J connectivity index is 1.58. The maximum Gasteiger partial charge on any atom is 0.327 e. The summed E-state index contributed by atoms with van der Waals surface area (Å²) in [5.74, 6) is 1.36. The number of nitrogens with one attached hydrogen (secondary N) is 2. The third-order valence-electron chi connectivity index (χ3n) is 8.60. The molecular formula is C34H45Cl2N7O6. The van der Waals surface area contributed by atoms with E-state index in [-0.39, 0.29) is 56.8 Å². The number of amides is 3. The van der Waals surface area contributed by atoms with E-state index < -0.39 is 6.03 Å². The summed E-state index contributed by atoms with van der Waals surface area (Å²) in [7, 11) is 6.79. The molecule has 2 aliphatic heterocycles. The van der Waals surface area contributed by atoms with Crippen molar-refractivity contribution in [1.82, 2.24) is 19.8 Å². The fourth-order valence-corrected chi connectivity index (χ4v) is 6.40. The summed E-state index contributed by atoms with van der Waals surface area (Å²) >= 11 is 13.2. The third-order valence-corrected chi connectivity index (χ3v) is 9.35. The first-order chi connectivity index (χ1) is 23.5. The molecule has 0 bridgehead atoms. The summed E-state index contributed by atoms with van der Waals surface area (Å²) < 4.78 is 16.5. The second-order valence-corrected chi connectivity index (χ2v) is 13.0. The first-order valence-corrected chi connectivity index (χ1v) is 16.9. The zero-order valence-corrected chi connectivity index (χ0v) is 29.9. The van der Waals surface area contributed by atoms with E-state index in [4.69, 9.17) is 37.4 Å². The minimum Gasteiger partial charge on any atom is -0.495 e. The Hall–Kier alpha value is -3.91. The van der Waals surface area contributed by atoms with Crippen LogP contribution in [0.25, 0.3) is 0 Å². The summed E-state index contributed by atoms with van der Waals surface area (Å²) in [6, 6.07) is 2.50. The van der Waals surface area contributed by atoms with Crippen LogP contribution in [0.4, 0.5) is 22.1 Å². The molecule has 2 atom stereocenters. The molecule has 2 saturated heterocycles. The minimum atomic E-state index is -0.538. The first-order valence-electron chi connectivity index (χ1n) is 16.1. The van der Waals surface area contributed by atoms with E-state index in [0.717, 1.165) is 0 Å². The van der Waals surface area contributed by atoms with Gasteiger partial charge in [-0.05, 0) is 51.3 Å². The molecule has 13 nitrogen and oxygen atoms in total. The number of ether oxygens (including phenoxy) is 3. The van der Waals surface area contributed by atoms with Gasteiger partial charge in [-0.25, -0.2) is 14.8 Å². The van der Waals surface area contributed by atoms with Gasteiger partial charge in [0.05, 0.1) is 32.6 Å². The van der Waals surface area contributed by atoms with Crippen LogP contribution in [0.5, 0.6) is 11.5 Å². The van der Waals surface area contributed by atoms with Crippen molar-refractivity contribution in [3.63, 3.8) is 0 Å². The molecule has 3 amide bonds. The van der Waals surface area contributed by atoms with E-state index in [1.165, 1.54) is 37.6 Å². The number of likely N-dealkylation sites (tertiary alicyclic amines) is 1. The molecule has 2 aromatic rings. The molecule has 15 heteroatoms. The fraction of sp³-hybridized carbons (Fsp3) is 0.500. The van der Waals surface area contributed by atoms with Crippen molar-refractivity contribution < 1.29 is 28.6 Å². The average Bonchev–Trinajstić information content (AvgIpc) is 3.10. The number of benzene rings is 1. The summed E-state index contributed by atoms with van der Waals surface area (Å²) in [5, 5.41) is 6.46. The molecule has 49 heavy (non-hydrogen) atoms. The summed E-state index contributed by atoms with van der Waals surface area (Å²) in [5.41, 5.74) is 0.126. The van der Waals surface area contributed by atoms with E-state index in [1.54, 1.807) is 12.1 Å². The quantitative estimate of drug-likeness (QED) is 0.252. The zero-order chi connectivity index (χ0) is 35.5. The predicted molar refractivity (Wildman–Crippen MR) is 191 cm³/mol. The lowest BCUT2D eigenvalue weighted by Gasteiger charge is -2.34. The third kappa shape index (κ3) is 10.3. The summed E-state index contributed by atoms with van der Waals surface area (Å²) in [4.78, 5) is 53.3. The van der Waals surface area contributed by atoms with Gasteiger partial charge in [-0.3, -0.25) is 14.5 Å². The molecule has 0 spiro atoms. The SMILES string of the molecule is C=CC(=O)CC1CCOCC1Nc1cc(N(CC2CCN(C(=O)/C=C/CN(C)C)CC2)C(=O)Nc2c(Cl)c(OC)cc(OC)c2Cl)ncn1. The molecular weight excluding hydrogens is 673 g/mol. The zero-order valence-electron chi connectivity index (χ0n) is 28.4. The first kappa shape index (κ1) is 37.9. The second-order valence-electron chi connectivity index (χ2n) is 12.3. The number of urea groups is 1. The number of methoxy groups -OCH3 is 2. The molecule has 1 aromatic carbocycles. The highest BCUT2D eigenvalue weighted by Crippen LogP contribution is 2.44. The number of nitrogens with zero attached hydrogens (tertiary/aromatic N) is 5. The highest BCUT2D eigenvalue weighted by molar-refractivity contribution is 6.41. The molecule has 3 heterocycles. The van der Waals surface area contributed by atoms with Crippen molar-refractivity contribution in [2.24, 2.45) is 11.8 Å². The number of hydrogen-bond acceptors (Lipinski definition) is 10. The van der Waals surface area contributed by atoms with Crippen molar-refractivity contribution in [2.45, 2.75) is 31.7 Å². The molecule has 0 saturated carbocycles. The lowest BCUT2D eigenvalue weighted by Crippen LogP contribution is -2.44. The van der Waals surface area contributed by atoms with Crippen molar-refractivity contribution in [3.8, 4) is 11.5 Å². The number of likely N-dealkylation sites (N-methyl/N-ethyl adjacent to an activating group) is 1. The number of aromatic nitrogens is 2. The van der Waals surface area contributed by atoms with Gasteiger partial charge >= 0.3 is 6.03 Å². The smallest absolute Gasteiger partial charge is 0.327 e. The number of piperidine rings is 1. The lowest BCUT2D eigenvalue weighted by molar-refractivity contribution is -0.127. The van der Waals surface area contributed by atoms with Crippen LogP contribution in [0.15, 0.2) is 43.3 Å². The van der Waals surface area contributed by atoms with Gasteiger partial charge in [-0.1, -0.05) is 35.9 Å². The van der Waals surface area contributed by atoms with Crippen LogP contribution in [-0.4, -0.2) is 111 Å². The Labute approximate surface area is 297 Å². The van der Waals surface area contributed by atoms with Crippen LogP contribution in [0.3, 0.4) is 0 Å². The summed E-state index contributed by atoms with van der Waals surface area (Å²) in [6.45, 7) is 6.64. The normalized spacial score (nSPS) is 18.3. The van der Waals surface area contributed by atoms with Crippen molar-refractivity contribution in [2.75, 3.05) is 83.2 Å². The topological polar surface area (TPSA) is 138 Å². The number of rotatable bonds is 14. The van der Waals surface area contributed by atoms with Crippen molar-refractivity contribution >= 4 is 58.2 Å². The van der Waals surface area contributed by atoms with Gasteiger partial charge in [-0.2, -0.15) is 0 Å². The van der Waals surface area contributed by atoms with Gasteiger partial charge in [0.15, 0.2) is 5.78 Å². The Kier molecular flexibility index (Phi) is 14.1. The van der Waals surface area contributed by atoms with E-state index in [2.05, 4.69) is 27.2 Å². The predicted octanol–water partition coefficient (Wildman–Crippen LogP) is 5.16. The van der Waals surface area contributed by atoms with E-state index in [9.17, 15) is 14.4 Å². The number of carbonyl (C=O) groups excluding carboxylic acids is 3. The second kappa shape index (κ2) is 18.2. The Bertz CT molecular complexity index is 1490. The average molecular weight is 719 g/mol. The molecule has 2 N–H and O–H groups in total. The van der Waals surface area contributed by atoms with Crippen LogP contribution in [0, 0.1) is 11.8 Å². The number of halogens is 2. The highest BCUT2D eigenvalue weighted by Gasteiger charge is 2.30. The number of hydrogen-bond donors (Lipinski definition) is 2. The molecule has 266 valence electrons. The largest absolute Gasteiger partial charge is 0.495 e. The van der Waals surface area contributed by atoms with Crippen LogP contribution in [0.1, 0.15) is 25.7 Å². The number of carbonyl (C=O) groups is 3. The van der Waals surface area contributed by atoms with Crippen LogP contribution < -0.4 is 25.0 Å². The van der Waals surface area contributed by atoms with Gasteiger partial charge in [0.25, 0.3) is 0 Å². The monoisotopic (exact) mass is 717 g/mol. The maximum atomic E-state index is 14.1. The van der Waals surface area contributed by atoms with Gasteiger partial charge in [0.2, 0.25) is 5.91 Å². The van der Waals surface area contributed by atoms with Gasteiger partial charge in [0, 0.05) is 57.4 Å². The van der Waals surface area contributed by atoms with Gasteiger partial charge in [0.1, 0.15) is 39.5 Å². The van der Waals surface area contributed by atoms with E-state index in [1.807, 2.05) is 30.0 Å². The minimum absolute atomic E-state index is 0.0232. The van der Waals surface area contributed by atoms with Crippen molar-refractivity contribution in [1.29, 1.82) is 0 Å². The Morgan fingerprint density at radius 3 is 2.41 bits per heavy atom. The van der Waals surface area contributed by atoms with E-state index in [0.29, 0.717) is 76.7 Å². The Morgan fingerprint density at radius 2 is 1.78 bits per heavy atom. The molecule has 2 unspecified atom stereocenters. The Morgan fingerprint density at radius 1 is 1.08 bits per heavy atom. The number of anilines is 3.